The Kier molecular flexibility index (Phi) is 6.28. The number of anilines is 1. The molecule has 0 spiro atoms. The molecule has 1 aromatic heterocycles. The van der Waals surface area contributed by atoms with E-state index in [4.69, 9.17) is 19.9 Å². The van der Waals surface area contributed by atoms with E-state index in [1.54, 1.807) is 20.4 Å². The van der Waals surface area contributed by atoms with Crippen LogP contribution in [0.4, 0.5) is 5.69 Å². The van der Waals surface area contributed by atoms with Crippen molar-refractivity contribution in [3.63, 3.8) is 0 Å². The zero-order valence-corrected chi connectivity index (χ0v) is 16.2. The highest BCUT2D eigenvalue weighted by molar-refractivity contribution is 5.88. The molecule has 0 bridgehead atoms. The molecule has 26 heavy (non-hydrogen) atoms. The third-order valence-corrected chi connectivity index (χ3v) is 4.21. The average molecular weight is 354 g/mol. The van der Waals surface area contributed by atoms with Crippen LogP contribution in [-0.4, -0.2) is 19.2 Å². The van der Waals surface area contributed by atoms with Crippen molar-refractivity contribution in [1.29, 1.82) is 0 Å². The second-order valence-electron chi connectivity index (χ2n) is 5.54. The monoisotopic (exact) mass is 354 g/mol. The van der Waals surface area contributed by atoms with Crippen LogP contribution in [0, 0.1) is 13.8 Å². The molecule has 2 aromatic carbocycles. The molecule has 0 saturated carbocycles. The first-order valence-electron chi connectivity index (χ1n) is 8.59. The van der Waals surface area contributed by atoms with Gasteiger partial charge in [0, 0.05) is 23.3 Å². The highest BCUT2D eigenvalue weighted by Crippen LogP contribution is 2.38. The summed E-state index contributed by atoms with van der Waals surface area (Å²) in [4.78, 5) is 4.39. The minimum Gasteiger partial charge on any atom is -0.493 e. The topological polar surface area (TPSA) is 66.6 Å². The van der Waals surface area contributed by atoms with E-state index in [1.807, 2.05) is 58.0 Å². The maximum absolute atomic E-state index is 6.14. The molecule has 0 atom stereocenters. The minimum absolute atomic E-state index is 0.632. The van der Waals surface area contributed by atoms with E-state index in [-0.39, 0.29) is 0 Å². The van der Waals surface area contributed by atoms with Gasteiger partial charge in [0.1, 0.15) is 11.5 Å². The van der Waals surface area contributed by atoms with Crippen LogP contribution < -0.4 is 19.9 Å². The van der Waals surface area contributed by atoms with Crippen molar-refractivity contribution in [2.45, 2.75) is 27.7 Å². The molecule has 5 heteroatoms. The number of nitrogen functional groups attached to an aromatic ring is 1. The van der Waals surface area contributed by atoms with Crippen LogP contribution in [0.15, 0.2) is 36.5 Å². The molecule has 0 aliphatic heterocycles. The molecule has 0 saturated heterocycles. The predicted molar refractivity (Wildman–Crippen MR) is 107 cm³/mol. The number of pyridine rings is 1. The van der Waals surface area contributed by atoms with Crippen molar-refractivity contribution in [3.8, 4) is 23.0 Å². The largest absolute Gasteiger partial charge is 0.493 e. The first-order valence-corrected chi connectivity index (χ1v) is 8.59. The summed E-state index contributed by atoms with van der Waals surface area (Å²) in [6.45, 7) is 7.98. The Bertz CT molecular complexity index is 907. The molecule has 5 nitrogen and oxygen atoms in total. The van der Waals surface area contributed by atoms with Crippen LogP contribution in [-0.2, 0) is 0 Å². The fourth-order valence-electron chi connectivity index (χ4n) is 2.58. The van der Waals surface area contributed by atoms with Gasteiger partial charge >= 0.3 is 0 Å². The lowest BCUT2D eigenvalue weighted by atomic mass is 10.1. The van der Waals surface area contributed by atoms with E-state index in [0.29, 0.717) is 17.2 Å². The Morgan fingerprint density at radius 3 is 2.12 bits per heavy atom. The minimum atomic E-state index is 0.632. The van der Waals surface area contributed by atoms with Gasteiger partial charge in [-0.2, -0.15) is 0 Å². The Hall–Kier alpha value is -2.95. The predicted octanol–water partition coefficient (Wildman–Crippen LogP) is 5.27. The summed E-state index contributed by atoms with van der Waals surface area (Å²) in [5.41, 5.74) is 9.51. The van der Waals surface area contributed by atoms with E-state index < -0.39 is 0 Å². The van der Waals surface area contributed by atoms with Gasteiger partial charge in [-0.05, 0) is 49.2 Å². The molecular formula is C21H26N2O3. The molecule has 0 aliphatic rings. The molecule has 0 amide bonds. The van der Waals surface area contributed by atoms with Crippen LogP contribution in [0.3, 0.4) is 0 Å². The van der Waals surface area contributed by atoms with Gasteiger partial charge in [0.25, 0.3) is 0 Å². The Labute approximate surface area is 154 Å². The number of aromatic nitrogens is 1. The number of ether oxygens (including phenoxy) is 3. The van der Waals surface area contributed by atoms with Gasteiger partial charge < -0.3 is 19.9 Å². The van der Waals surface area contributed by atoms with E-state index in [0.717, 1.165) is 33.5 Å². The van der Waals surface area contributed by atoms with Crippen molar-refractivity contribution in [2.24, 2.45) is 0 Å². The van der Waals surface area contributed by atoms with Gasteiger partial charge in [-0.25, -0.2) is 0 Å². The lowest BCUT2D eigenvalue weighted by Gasteiger charge is -2.15. The van der Waals surface area contributed by atoms with Crippen LogP contribution >= 0.6 is 0 Å². The van der Waals surface area contributed by atoms with Crippen molar-refractivity contribution >= 4 is 16.6 Å². The summed E-state index contributed by atoms with van der Waals surface area (Å²) in [6.07, 6.45) is 1.71. The molecule has 1 heterocycles. The highest BCUT2D eigenvalue weighted by Gasteiger charge is 2.13. The van der Waals surface area contributed by atoms with E-state index in [2.05, 4.69) is 4.98 Å². The smallest absolute Gasteiger partial charge is 0.162 e. The van der Waals surface area contributed by atoms with Gasteiger partial charge in [-0.3, -0.25) is 4.98 Å². The second-order valence-corrected chi connectivity index (χ2v) is 5.54. The van der Waals surface area contributed by atoms with Crippen molar-refractivity contribution in [2.75, 3.05) is 20.0 Å². The Balaban J connectivity index is 0.00000117. The molecule has 0 radical (unpaired) electrons. The number of rotatable bonds is 4. The summed E-state index contributed by atoms with van der Waals surface area (Å²) in [5.74, 6) is 2.74. The van der Waals surface area contributed by atoms with Gasteiger partial charge in [-0.15, -0.1) is 0 Å². The van der Waals surface area contributed by atoms with Crippen LogP contribution in [0.1, 0.15) is 25.0 Å². The first-order chi connectivity index (χ1) is 12.5. The number of methoxy groups -OCH3 is 2. The number of nitrogens with zero attached hydrogens (tertiary/aromatic N) is 1. The summed E-state index contributed by atoms with van der Waals surface area (Å²) >= 11 is 0. The summed E-state index contributed by atoms with van der Waals surface area (Å²) in [5, 5.41) is 0.851. The van der Waals surface area contributed by atoms with Crippen LogP contribution in [0.2, 0.25) is 0 Å². The first kappa shape index (κ1) is 19.4. The summed E-state index contributed by atoms with van der Waals surface area (Å²) < 4.78 is 16.9. The lowest BCUT2D eigenvalue weighted by Crippen LogP contribution is -1.97. The van der Waals surface area contributed by atoms with E-state index in [1.165, 1.54) is 0 Å². The second kappa shape index (κ2) is 8.43. The summed E-state index contributed by atoms with van der Waals surface area (Å²) in [6, 6.07) is 9.27. The van der Waals surface area contributed by atoms with Gasteiger partial charge in [0.05, 0.1) is 19.7 Å². The normalized spacial score (nSPS) is 10.1. The zero-order chi connectivity index (χ0) is 19.3. The van der Waals surface area contributed by atoms with Crippen molar-refractivity contribution in [1.82, 2.24) is 4.98 Å². The number of nitrogens with two attached hydrogens (primary N) is 1. The fraction of sp³-hybridized carbons (Fsp3) is 0.286. The average Bonchev–Trinajstić information content (AvgIpc) is 2.69. The molecule has 0 fully saturated rings. The highest BCUT2D eigenvalue weighted by atomic mass is 16.5. The molecule has 0 unspecified atom stereocenters. The van der Waals surface area contributed by atoms with Gasteiger partial charge in [0.2, 0.25) is 0 Å². The number of benzene rings is 2. The van der Waals surface area contributed by atoms with Gasteiger partial charge in [0.15, 0.2) is 11.5 Å². The van der Waals surface area contributed by atoms with E-state index in [9.17, 15) is 0 Å². The Morgan fingerprint density at radius 2 is 1.46 bits per heavy atom. The maximum Gasteiger partial charge on any atom is 0.162 e. The quantitative estimate of drug-likeness (QED) is 0.647. The van der Waals surface area contributed by atoms with Crippen molar-refractivity contribution in [3.05, 3.63) is 47.7 Å². The molecule has 138 valence electrons. The fourth-order valence-corrected chi connectivity index (χ4v) is 2.58. The SMILES string of the molecule is CC.COc1cc2nccc(Oc3ccc(N)c(C)c3C)c2cc1OC. The number of hydrogen-bond donors (Lipinski definition) is 1. The molecule has 0 aliphatic carbocycles. The number of fused-ring (bicyclic) bond motifs is 1. The molecule has 3 aromatic rings. The third-order valence-electron chi connectivity index (χ3n) is 4.21. The third kappa shape index (κ3) is 3.67. The Morgan fingerprint density at radius 1 is 0.808 bits per heavy atom. The van der Waals surface area contributed by atoms with Gasteiger partial charge in [-0.1, -0.05) is 13.8 Å². The maximum atomic E-state index is 6.14. The number of hydrogen-bond acceptors (Lipinski definition) is 5. The zero-order valence-electron chi connectivity index (χ0n) is 16.2. The van der Waals surface area contributed by atoms with E-state index >= 15 is 0 Å². The van der Waals surface area contributed by atoms with Crippen LogP contribution in [0.25, 0.3) is 10.9 Å². The van der Waals surface area contributed by atoms with Crippen molar-refractivity contribution < 1.29 is 14.2 Å². The molecule has 3 rings (SSSR count). The molecular weight excluding hydrogens is 328 g/mol. The standard InChI is InChI=1S/C19H20N2O3.C2H6/c1-11-12(2)16(6-5-14(11)20)24-17-7-8-21-15-10-19(23-4)18(22-3)9-13(15)17;1-2/h5-10H,20H2,1-4H3;1-2H3. The summed E-state index contributed by atoms with van der Waals surface area (Å²) in [7, 11) is 3.21. The molecule has 2 N–H and O–H groups in total. The van der Waals surface area contributed by atoms with Crippen LogP contribution in [0.5, 0.6) is 23.0 Å². The lowest BCUT2D eigenvalue weighted by molar-refractivity contribution is 0.355.